The first-order valence-electron chi connectivity index (χ1n) is 8.21. The Hall–Kier alpha value is -1.79. The van der Waals surface area contributed by atoms with Crippen LogP contribution >= 0.6 is 11.8 Å². The van der Waals surface area contributed by atoms with Crippen LogP contribution in [0.15, 0.2) is 59.5 Å². The van der Waals surface area contributed by atoms with E-state index in [1.165, 1.54) is 0 Å². The first-order valence-corrected chi connectivity index (χ1v) is 11.1. The molecule has 2 aromatic rings. The van der Waals surface area contributed by atoms with E-state index in [0.717, 1.165) is 10.5 Å². The van der Waals surface area contributed by atoms with Gasteiger partial charge in [-0.15, -0.1) is 11.8 Å². The number of amides is 1. The molecule has 1 fully saturated rings. The number of hydrogen-bond donors (Lipinski definition) is 0. The standard InChI is InChI=1S/C19H21NO3S2/c1-24-17-9-7-16(8-10-17)19(21)20-12-11-18(25(22,23)14-13-20)15-5-3-2-4-6-15/h2-10,18H,11-14H2,1H3. The van der Waals surface area contributed by atoms with Crippen molar-refractivity contribution in [1.82, 2.24) is 4.90 Å². The van der Waals surface area contributed by atoms with Crippen LogP contribution in [0.4, 0.5) is 0 Å². The summed E-state index contributed by atoms with van der Waals surface area (Å²) < 4.78 is 25.3. The van der Waals surface area contributed by atoms with Gasteiger partial charge in [-0.1, -0.05) is 30.3 Å². The smallest absolute Gasteiger partial charge is 0.253 e. The topological polar surface area (TPSA) is 54.5 Å². The Morgan fingerprint density at radius 3 is 2.36 bits per heavy atom. The highest BCUT2D eigenvalue weighted by Crippen LogP contribution is 2.29. The summed E-state index contributed by atoms with van der Waals surface area (Å²) in [6.07, 6.45) is 2.42. The summed E-state index contributed by atoms with van der Waals surface area (Å²) in [6.45, 7) is 0.691. The van der Waals surface area contributed by atoms with Crippen LogP contribution in [-0.4, -0.2) is 44.3 Å². The van der Waals surface area contributed by atoms with Gasteiger partial charge in [0.15, 0.2) is 9.84 Å². The van der Waals surface area contributed by atoms with E-state index < -0.39 is 15.1 Å². The Morgan fingerprint density at radius 2 is 1.72 bits per heavy atom. The van der Waals surface area contributed by atoms with Gasteiger partial charge in [-0.25, -0.2) is 8.42 Å². The second kappa shape index (κ2) is 7.62. The molecule has 0 aromatic heterocycles. The van der Waals surface area contributed by atoms with Crippen LogP contribution in [-0.2, 0) is 9.84 Å². The maximum absolute atomic E-state index is 12.7. The Bertz CT molecular complexity index is 833. The fraction of sp³-hybridized carbons (Fsp3) is 0.316. The van der Waals surface area contributed by atoms with E-state index >= 15 is 0 Å². The van der Waals surface area contributed by atoms with Crippen molar-refractivity contribution in [1.29, 1.82) is 0 Å². The van der Waals surface area contributed by atoms with E-state index in [1.54, 1.807) is 16.7 Å². The predicted octanol–water partition coefficient (Wildman–Crippen LogP) is 3.41. The number of rotatable bonds is 3. The molecule has 1 aliphatic heterocycles. The summed E-state index contributed by atoms with van der Waals surface area (Å²) in [6, 6.07) is 16.7. The molecular weight excluding hydrogens is 354 g/mol. The average molecular weight is 376 g/mol. The van der Waals surface area contributed by atoms with Gasteiger partial charge in [-0.2, -0.15) is 0 Å². The molecule has 0 bridgehead atoms. The second-order valence-corrected chi connectivity index (χ2v) is 9.26. The highest BCUT2D eigenvalue weighted by molar-refractivity contribution is 7.98. The summed E-state index contributed by atoms with van der Waals surface area (Å²) >= 11 is 1.62. The number of hydrogen-bond acceptors (Lipinski definition) is 4. The zero-order valence-electron chi connectivity index (χ0n) is 14.1. The lowest BCUT2D eigenvalue weighted by Crippen LogP contribution is -2.33. The van der Waals surface area contributed by atoms with Crippen LogP contribution in [0.25, 0.3) is 0 Å². The van der Waals surface area contributed by atoms with Gasteiger partial charge in [0.1, 0.15) is 0 Å². The first kappa shape index (κ1) is 18.0. The summed E-state index contributed by atoms with van der Waals surface area (Å²) in [5.74, 6) is -0.0992. The van der Waals surface area contributed by atoms with Crippen LogP contribution < -0.4 is 0 Å². The van der Waals surface area contributed by atoms with Gasteiger partial charge in [0, 0.05) is 23.5 Å². The van der Waals surface area contributed by atoms with Crippen LogP contribution in [0.5, 0.6) is 0 Å². The summed E-state index contributed by atoms with van der Waals surface area (Å²) in [7, 11) is -3.27. The number of carbonyl (C=O) groups excluding carboxylic acids is 1. The molecule has 4 nitrogen and oxygen atoms in total. The Kier molecular flexibility index (Phi) is 5.49. The minimum Gasteiger partial charge on any atom is -0.338 e. The van der Waals surface area contributed by atoms with Crippen LogP contribution in [0, 0.1) is 0 Å². The summed E-state index contributed by atoms with van der Waals surface area (Å²) in [4.78, 5) is 15.5. The van der Waals surface area contributed by atoms with E-state index in [1.807, 2.05) is 60.9 Å². The third-order valence-electron chi connectivity index (χ3n) is 4.54. The van der Waals surface area contributed by atoms with E-state index in [2.05, 4.69) is 0 Å². The molecule has 0 aliphatic carbocycles. The molecule has 1 unspecified atom stereocenters. The zero-order valence-corrected chi connectivity index (χ0v) is 15.7. The molecule has 2 aromatic carbocycles. The van der Waals surface area contributed by atoms with E-state index in [-0.39, 0.29) is 18.2 Å². The fourth-order valence-electron chi connectivity index (χ4n) is 3.11. The van der Waals surface area contributed by atoms with Gasteiger partial charge in [-0.3, -0.25) is 4.79 Å². The predicted molar refractivity (Wildman–Crippen MR) is 102 cm³/mol. The number of carbonyl (C=O) groups is 1. The van der Waals surface area contributed by atoms with Gasteiger partial charge in [0.05, 0.1) is 11.0 Å². The molecule has 132 valence electrons. The van der Waals surface area contributed by atoms with Gasteiger partial charge in [-0.05, 0) is 42.5 Å². The van der Waals surface area contributed by atoms with Crippen molar-refractivity contribution in [2.45, 2.75) is 16.6 Å². The average Bonchev–Trinajstić information content (AvgIpc) is 2.80. The van der Waals surface area contributed by atoms with Crippen molar-refractivity contribution in [3.05, 3.63) is 65.7 Å². The fourth-order valence-corrected chi connectivity index (χ4v) is 5.31. The minimum atomic E-state index is -3.27. The quantitative estimate of drug-likeness (QED) is 0.772. The first-order chi connectivity index (χ1) is 12.0. The second-order valence-electron chi connectivity index (χ2n) is 6.08. The van der Waals surface area contributed by atoms with E-state index in [4.69, 9.17) is 0 Å². The lowest BCUT2D eigenvalue weighted by Gasteiger charge is -2.20. The van der Waals surface area contributed by atoms with Crippen molar-refractivity contribution in [2.24, 2.45) is 0 Å². The number of sulfone groups is 1. The summed E-state index contributed by atoms with van der Waals surface area (Å²) in [5.41, 5.74) is 1.41. The molecule has 0 radical (unpaired) electrons. The van der Waals surface area contributed by atoms with Crippen LogP contribution in [0.3, 0.4) is 0 Å². The third kappa shape index (κ3) is 4.07. The SMILES string of the molecule is CSc1ccc(C(=O)N2CCC(c3ccccc3)S(=O)(=O)CC2)cc1. The van der Waals surface area contributed by atoms with Crippen molar-refractivity contribution >= 4 is 27.5 Å². The molecule has 1 atom stereocenters. The maximum atomic E-state index is 12.7. The van der Waals surface area contributed by atoms with Crippen molar-refractivity contribution in [2.75, 3.05) is 25.1 Å². The molecule has 0 saturated carbocycles. The van der Waals surface area contributed by atoms with Crippen LogP contribution in [0.1, 0.15) is 27.6 Å². The lowest BCUT2D eigenvalue weighted by atomic mass is 10.1. The number of thioether (sulfide) groups is 1. The molecule has 1 heterocycles. The maximum Gasteiger partial charge on any atom is 0.253 e. The molecule has 1 amide bonds. The van der Waals surface area contributed by atoms with Gasteiger partial charge >= 0.3 is 0 Å². The van der Waals surface area contributed by atoms with Gasteiger partial charge in [0.25, 0.3) is 5.91 Å². The molecule has 0 spiro atoms. The van der Waals surface area contributed by atoms with E-state index in [9.17, 15) is 13.2 Å². The largest absolute Gasteiger partial charge is 0.338 e. The number of benzene rings is 2. The lowest BCUT2D eigenvalue weighted by molar-refractivity contribution is 0.0766. The Labute approximate surface area is 153 Å². The molecule has 3 rings (SSSR count). The Balaban J connectivity index is 1.79. The zero-order chi connectivity index (χ0) is 17.9. The molecule has 25 heavy (non-hydrogen) atoms. The molecule has 1 saturated heterocycles. The van der Waals surface area contributed by atoms with Crippen molar-refractivity contribution in [3.63, 3.8) is 0 Å². The van der Waals surface area contributed by atoms with E-state index in [0.29, 0.717) is 18.5 Å². The van der Waals surface area contributed by atoms with Gasteiger partial charge < -0.3 is 4.90 Å². The Morgan fingerprint density at radius 1 is 1.04 bits per heavy atom. The minimum absolute atomic E-state index is 0.00119. The van der Waals surface area contributed by atoms with Crippen LogP contribution in [0.2, 0.25) is 0 Å². The van der Waals surface area contributed by atoms with Crippen molar-refractivity contribution < 1.29 is 13.2 Å². The normalized spacial score (nSPS) is 20.0. The van der Waals surface area contributed by atoms with Crippen molar-refractivity contribution in [3.8, 4) is 0 Å². The molecular formula is C19H21NO3S2. The molecule has 1 aliphatic rings. The van der Waals surface area contributed by atoms with Gasteiger partial charge in [0.2, 0.25) is 0 Å². The highest BCUT2D eigenvalue weighted by Gasteiger charge is 2.32. The molecule has 6 heteroatoms. The highest BCUT2D eigenvalue weighted by atomic mass is 32.2. The summed E-state index contributed by atoms with van der Waals surface area (Å²) in [5, 5.41) is -0.537. The third-order valence-corrected chi connectivity index (χ3v) is 7.41. The monoisotopic (exact) mass is 375 g/mol. The number of nitrogens with zero attached hydrogens (tertiary/aromatic N) is 1. The molecule has 0 N–H and O–H groups in total.